The highest BCUT2D eigenvalue weighted by Gasteiger charge is 2.19. The molecule has 1 aromatic carbocycles. The van der Waals surface area contributed by atoms with E-state index in [9.17, 15) is 9.59 Å². The lowest BCUT2D eigenvalue weighted by molar-refractivity contribution is -0.122. The molecule has 0 spiro atoms. The standard InChI is InChI=1S/C20H28N2O2S/c1-5-6-7-16-8-10-17(11-9-16)19(14(2)3)21-18(23)12-22-15(4)13-25-20(22)24/h8-11,13-14,19H,5-7,12H2,1-4H3,(H,21,23). The molecule has 1 atom stereocenters. The zero-order chi connectivity index (χ0) is 18.4. The summed E-state index contributed by atoms with van der Waals surface area (Å²) in [5.41, 5.74) is 3.27. The van der Waals surface area contributed by atoms with Crippen LogP contribution in [-0.2, 0) is 17.8 Å². The van der Waals surface area contributed by atoms with Crippen LogP contribution in [0.1, 0.15) is 56.5 Å². The van der Waals surface area contributed by atoms with Crippen LogP contribution in [0.3, 0.4) is 0 Å². The molecular weight excluding hydrogens is 332 g/mol. The second kappa shape index (κ2) is 8.99. The number of nitrogens with one attached hydrogen (secondary N) is 1. The van der Waals surface area contributed by atoms with Gasteiger partial charge in [-0.05, 0) is 36.8 Å². The molecule has 0 aliphatic heterocycles. The highest BCUT2D eigenvalue weighted by atomic mass is 32.1. The van der Waals surface area contributed by atoms with Crippen molar-refractivity contribution in [1.29, 1.82) is 0 Å². The van der Waals surface area contributed by atoms with E-state index in [4.69, 9.17) is 0 Å². The molecule has 2 rings (SSSR count). The number of thiazole rings is 1. The highest BCUT2D eigenvalue weighted by molar-refractivity contribution is 7.07. The molecule has 25 heavy (non-hydrogen) atoms. The van der Waals surface area contributed by atoms with Crippen molar-refractivity contribution in [2.75, 3.05) is 0 Å². The Morgan fingerprint density at radius 3 is 2.44 bits per heavy atom. The highest BCUT2D eigenvalue weighted by Crippen LogP contribution is 2.22. The molecule has 1 unspecified atom stereocenters. The first-order valence-electron chi connectivity index (χ1n) is 8.95. The average Bonchev–Trinajstić information content (AvgIpc) is 2.90. The molecule has 1 heterocycles. The van der Waals surface area contributed by atoms with Crippen LogP contribution in [0.25, 0.3) is 0 Å². The Bertz CT molecular complexity index is 744. The van der Waals surface area contributed by atoms with Crippen molar-refractivity contribution in [1.82, 2.24) is 9.88 Å². The summed E-state index contributed by atoms with van der Waals surface area (Å²) in [6.07, 6.45) is 3.47. The first-order chi connectivity index (χ1) is 11.9. The van der Waals surface area contributed by atoms with Gasteiger partial charge in [0.05, 0.1) is 6.04 Å². The van der Waals surface area contributed by atoms with Crippen LogP contribution in [0.4, 0.5) is 0 Å². The van der Waals surface area contributed by atoms with Crippen LogP contribution in [0, 0.1) is 12.8 Å². The minimum Gasteiger partial charge on any atom is -0.347 e. The fourth-order valence-electron chi connectivity index (χ4n) is 2.87. The van der Waals surface area contributed by atoms with E-state index in [1.165, 1.54) is 23.0 Å². The molecule has 0 aliphatic carbocycles. The topological polar surface area (TPSA) is 51.1 Å². The molecule has 0 saturated carbocycles. The van der Waals surface area contributed by atoms with Gasteiger partial charge in [-0.1, -0.05) is 62.8 Å². The van der Waals surface area contributed by atoms with Gasteiger partial charge in [0, 0.05) is 11.1 Å². The smallest absolute Gasteiger partial charge is 0.307 e. The predicted octanol–water partition coefficient (Wildman–Crippen LogP) is 4.07. The van der Waals surface area contributed by atoms with E-state index in [0.29, 0.717) is 0 Å². The maximum Gasteiger partial charge on any atom is 0.307 e. The number of benzene rings is 1. The van der Waals surface area contributed by atoms with Gasteiger partial charge in [-0.15, -0.1) is 0 Å². The number of carbonyl (C=O) groups is 1. The lowest BCUT2D eigenvalue weighted by atomic mass is 9.94. The molecule has 1 N–H and O–H groups in total. The van der Waals surface area contributed by atoms with E-state index in [-0.39, 0.29) is 29.3 Å². The van der Waals surface area contributed by atoms with E-state index in [1.807, 2.05) is 6.92 Å². The largest absolute Gasteiger partial charge is 0.347 e. The molecular formula is C20H28N2O2S. The van der Waals surface area contributed by atoms with Crippen LogP contribution in [0.5, 0.6) is 0 Å². The van der Waals surface area contributed by atoms with Gasteiger partial charge < -0.3 is 5.32 Å². The number of carbonyl (C=O) groups excluding carboxylic acids is 1. The average molecular weight is 361 g/mol. The molecule has 0 aliphatic rings. The summed E-state index contributed by atoms with van der Waals surface area (Å²) in [7, 11) is 0. The van der Waals surface area contributed by atoms with Gasteiger partial charge in [0.1, 0.15) is 6.54 Å². The third-order valence-corrected chi connectivity index (χ3v) is 5.30. The van der Waals surface area contributed by atoms with Gasteiger partial charge in [0.2, 0.25) is 5.91 Å². The van der Waals surface area contributed by atoms with E-state index in [0.717, 1.165) is 29.0 Å². The summed E-state index contributed by atoms with van der Waals surface area (Å²) in [6.45, 7) is 8.31. The Balaban J connectivity index is 2.07. The second-order valence-electron chi connectivity index (χ2n) is 6.86. The molecule has 4 nitrogen and oxygen atoms in total. The van der Waals surface area contributed by atoms with E-state index >= 15 is 0 Å². The Morgan fingerprint density at radius 2 is 1.92 bits per heavy atom. The van der Waals surface area contributed by atoms with Gasteiger partial charge in [-0.3, -0.25) is 14.2 Å². The van der Waals surface area contributed by atoms with Crippen molar-refractivity contribution >= 4 is 17.2 Å². The fraction of sp³-hybridized carbons (Fsp3) is 0.500. The number of amides is 1. The quantitative estimate of drug-likeness (QED) is 0.771. The lowest BCUT2D eigenvalue weighted by Crippen LogP contribution is -2.36. The van der Waals surface area contributed by atoms with Gasteiger partial charge in [-0.2, -0.15) is 0 Å². The van der Waals surface area contributed by atoms with Crippen molar-refractivity contribution in [2.45, 2.75) is 59.5 Å². The molecule has 136 valence electrons. The van der Waals surface area contributed by atoms with E-state index < -0.39 is 0 Å². The molecule has 0 saturated heterocycles. The van der Waals surface area contributed by atoms with Gasteiger partial charge >= 0.3 is 4.87 Å². The first kappa shape index (κ1) is 19.4. The van der Waals surface area contributed by atoms with Crippen molar-refractivity contribution in [3.8, 4) is 0 Å². The zero-order valence-corrected chi connectivity index (χ0v) is 16.4. The minimum absolute atomic E-state index is 0.0534. The number of unbranched alkanes of at least 4 members (excludes halogenated alkanes) is 1. The summed E-state index contributed by atoms with van der Waals surface area (Å²) >= 11 is 1.13. The Morgan fingerprint density at radius 1 is 1.24 bits per heavy atom. The lowest BCUT2D eigenvalue weighted by Gasteiger charge is -2.23. The van der Waals surface area contributed by atoms with E-state index in [2.05, 4.69) is 50.4 Å². The van der Waals surface area contributed by atoms with Crippen molar-refractivity contribution in [2.24, 2.45) is 5.92 Å². The zero-order valence-electron chi connectivity index (χ0n) is 15.5. The molecule has 1 aromatic heterocycles. The van der Waals surface area contributed by atoms with Crippen molar-refractivity contribution in [3.63, 3.8) is 0 Å². The summed E-state index contributed by atoms with van der Waals surface area (Å²) < 4.78 is 1.52. The SMILES string of the molecule is CCCCc1ccc(C(NC(=O)Cn2c(C)csc2=O)C(C)C)cc1. The summed E-state index contributed by atoms with van der Waals surface area (Å²) in [5, 5.41) is 4.88. The van der Waals surface area contributed by atoms with Crippen LogP contribution < -0.4 is 10.2 Å². The second-order valence-corrected chi connectivity index (χ2v) is 7.68. The predicted molar refractivity (Wildman–Crippen MR) is 104 cm³/mol. The number of aryl methyl sites for hydroxylation is 2. The maximum atomic E-state index is 12.4. The third-order valence-electron chi connectivity index (χ3n) is 4.42. The first-order valence-corrected chi connectivity index (χ1v) is 9.83. The Hall–Kier alpha value is -1.88. The molecule has 5 heteroatoms. The van der Waals surface area contributed by atoms with Crippen LogP contribution in [0.15, 0.2) is 34.4 Å². The Kier molecular flexibility index (Phi) is 7.00. The number of nitrogens with zero attached hydrogens (tertiary/aromatic N) is 1. The monoisotopic (exact) mass is 360 g/mol. The van der Waals surface area contributed by atoms with Crippen molar-refractivity contribution in [3.05, 3.63) is 56.1 Å². The van der Waals surface area contributed by atoms with Gasteiger partial charge in [-0.25, -0.2) is 0 Å². The molecule has 0 bridgehead atoms. The van der Waals surface area contributed by atoms with Gasteiger partial charge in [0.15, 0.2) is 0 Å². The molecule has 0 fully saturated rings. The molecule has 1 amide bonds. The fourth-order valence-corrected chi connectivity index (χ4v) is 3.60. The van der Waals surface area contributed by atoms with Gasteiger partial charge in [0.25, 0.3) is 0 Å². The van der Waals surface area contributed by atoms with Crippen LogP contribution in [-0.4, -0.2) is 10.5 Å². The number of aromatic nitrogens is 1. The summed E-state index contributed by atoms with van der Waals surface area (Å²) in [5.74, 6) is 0.142. The number of hydrogen-bond donors (Lipinski definition) is 1. The number of hydrogen-bond acceptors (Lipinski definition) is 3. The Labute approximate surface area is 153 Å². The van der Waals surface area contributed by atoms with Crippen molar-refractivity contribution < 1.29 is 4.79 Å². The molecule has 0 radical (unpaired) electrons. The summed E-state index contributed by atoms with van der Waals surface area (Å²) in [4.78, 5) is 24.1. The van der Waals surface area contributed by atoms with Crippen LogP contribution in [0.2, 0.25) is 0 Å². The minimum atomic E-state index is -0.127. The normalized spacial score (nSPS) is 12.4. The number of rotatable bonds is 8. The molecule has 2 aromatic rings. The summed E-state index contributed by atoms with van der Waals surface area (Å²) in [6, 6.07) is 8.47. The maximum absolute atomic E-state index is 12.4. The third kappa shape index (κ3) is 5.30. The van der Waals surface area contributed by atoms with Crippen LogP contribution >= 0.6 is 11.3 Å². The van der Waals surface area contributed by atoms with E-state index in [1.54, 1.807) is 5.38 Å².